The Morgan fingerprint density at radius 2 is 1.71 bits per heavy atom. The first-order chi connectivity index (χ1) is 19.3. The molecule has 0 bridgehead atoms. The van der Waals surface area contributed by atoms with E-state index >= 15 is 0 Å². The van der Waals surface area contributed by atoms with Crippen molar-refractivity contribution in [1.82, 2.24) is 10.6 Å². The van der Waals surface area contributed by atoms with Gasteiger partial charge in [-0.05, 0) is 85.1 Å². The molecule has 0 heterocycles. The van der Waals surface area contributed by atoms with E-state index in [4.69, 9.17) is 14.2 Å². The molecule has 41 heavy (non-hydrogen) atoms. The van der Waals surface area contributed by atoms with Crippen molar-refractivity contribution in [3.63, 3.8) is 0 Å². The molecule has 1 aromatic carbocycles. The van der Waals surface area contributed by atoms with Crippen molar-refractivity contribution >= 4 is 17.8 Å². The van der Waals surface area contributed by atoms with Gasteiger partial charge in [0, 0.05) is 24.1 Å². The summed E-state index contributed by atoms with van der Waals surface area (Å²) in [6.45, 7) is 7.25. The Morgan fingerprint density at radius 3 is 2.29 bits per heavy atom. The zero-order valence-corrected chi connectivity index (χ0v) is 24.9. The van der Waals surface area contributed by atoms with Gasteiger partial charge in [-0.3, -0.25) is 18.8 Å². The molecule has 3 saturated carbocycles. The summed E-state index contributed by atoms with van der Waals surface area (Å²) < 4.78 is 45.1. The number of methoxy groups -OCH3 is 1. The standard InChI is InChI=1S/C31H44F2N2O6/c1-29(2,3)41-28(38)30(4)11-9-19(10-12-30)40-25-15-21(24(39-5)16-22(25)33)27(37)35-23-8-6-7-20(23)26(36)34-18-31(17-32)13-14-31/h15-16,19-20,23H,6-14,17-18H2,1-5H3,(H,34,36)(H,35,37)/t19-,20-,23+,30+/m0/s1. The van der Waals surface area contributed by atoms with E-state index in [1.54, 1.807) is 0 Å². The minimum Gasteiger partial charge on any atom is -0.496 e. The molecule has 8 nitrogen and oxygen atoms in total. The van der Waals surface area contributed by atoms with Gasteiger partial charge in [-0.2, -0.15) is 0 Å². The summed E-state index contributed by atoms with van der Waals surface area (Å²) in [6.07, 6.45) is 5.38. The van der Waals surface area contributed by atoms with Crippen LogP contribution in [-0.2, 0) is 14.3 Å². The summed E-state index contributed by atoms with van der Waals surface area (Å²) in [5, 5.41) is 5.81. The fraction of sp³-hybridized carbons (Fsp3) is 0.710. The SMILES string of the molecule is COc1cc(F)c(O[C@H]2CC[C@@](C)(C(=O)OC(C)(C)C)CC2)cc1C(=O)N[C@@H]1CCC[C@@H]1C(=O)NCC1(CF)CC1. The molecular formula is C31H44F2N2O6. The summed E-state index contributed by atoms with van der Waals surface area (Å²) in [7, 11) is 1.36. The van der Waals surface area contributed by atoms with E-state index < -0.39 is 46.8 Å². The van der Waals surface area contributed by atoms with Crippen molar-refractivity contribution in [3.8, 4) is 11.5 Å². The molecule has 228 valence electrons. The number of hydrogen-bond acceptors (Lipinski definition) is 6. The summed E-state index contributed by atoms with van der Waals surface area (Å²) in [4.78, 5) is 38.9. The average Bonchev–Trinajstić information content (AvgIpc) is 3.56. The highest BCUT2D eigenvalue weighted by atomic mass is 19.1. The average molecular weight is 579 g/mol. The van der Waals surface area contributed by atoms with Gasteiger partial charge in [0.25, 0.3) is 5.91 Å². The lowest BCUT2D eigenvalue weighted by molar-refractivity contribution is -0.169. The number of amides is 2. The Bertz CT molecular complexity index is 1140. The number of esters is 1. The molecule has 3 aliphatic rings. The van der Waals surface area contributed by atoms with E-state index in [0.29, 0.717) is 45.1 Å². The number of nitrogens with one attached hydrogen (secondary N) is 2. The van der Waals surface area contributed by atoms with Crippen LogP contribution in [0.1, 0.15) is 95.8 Å². The second-order valence-electron chi connectivity index (χ2n) is 13.3. The summed E-state index contributed by atoms with van der Waals surface area (Å²) in [6, 6.07) is 2.07. The van der Waals surface area contributed by atoms with Crippen molar-refractivity contribution in [3.05, 3.63) is 23.5 Å². The highest BCUT2D eigenvalue weighted by molar-refractivity contribution is 5.98. The van der Waals surface area contributed by atoms with Crippen LogP contribution in [0.4, 0.5) is 8.78 Å². The van der Waals surface area contributed by atoms with Crippen LogP contribution in [-0.4, -0.2) is 55.9 Å². The van der Waals surface area contributed by atoms with E-state index in [1.165, 1.54) is 13.2 Å². The number of rotatable bonds is 10. The Hall–Kier alpha value is -2.91. The lowest BCUT2D eigenvalue weighted by Crippen LogP contribution is -2.45. The minimum absolute atomic E-state index is 0.0612. The summed E-state index contributed by atoms with van der Waals surface area (Å²) in [5.74, 6) is -1.99. The van der Waals surface area contributed by atoms with Crippen LogP contribution < -0.4 is 20.1 Å². The minimum atomic E-state index is -0.654. The number of ether oxygens (including phenoxy) is 3. The van der Waals surface area contributed by atoms with Gasteiger partial charge >= 0.3 is 5.97 Å². The normalized spacial score (nSPS) is 27.0. The van der Waals surface area contributed by atoms with Crippen molar-refractivity contribution in [1.29, 1.82) is 0 Å². The third-order valence-corrected chi connectivity index (χ3v) is 8.77. The van der Waals surface area contributed by atoms with Gasteiger partial charge in [0.15, 0.2) is 11.6 Å². The van der Waals surface area contributed by atoms with Crippen molar-refractivity contribution in [2.45, 2.75) is 103 Å². The maximum absolute atomic E-state index is 15.0. The van der Waals surface area contributed by atoms with Crippen LogP contribution in [0.3, 0.4) is 0 Å². The molecule has 2 amide bonds. The molecule has 0 aromatic heterocycles. The molecule has 0 spiro atoms. The Morgan fingerprint density at radius 1 is 1.02 bits per heavy atom. The smallest absolute Gasteiger partial charge is 0.312 e. The van der Waals surface area contributed by atoms with Crippen LogP contribution in [0.5, 0.6) is 11.5 Å². The van der Waals surface area contributed by atoms with Crippen LogP contribution in [0.2, 0.25) is 0 Å². The highest BCUT2D eigenvalue weighted by Crippen LogP contribution is 2.45. The van der Waals surface area contributed by atoms with Crippen molar-refractivity contribution in [2.75, 3.05) is 20.3 Å². The monoisotopic (exact) mass is 578 g/mol. The number of halogens is 2. The Labute approximate surface area is 241 Å². The van der Waals surface area contributed by atoms with Gasteiger partial charge in [0.1, 0.15) is 11.4 Å². The predicted octanol–water partition coefficient (Wildman–Crippen LogP) is 5.27. The van der Waals surface area contributed by atoms with Gasteiger partial charge in [0.05, 0.1) is 36.8 Å². The highest BCUT2D eigenvalue weighted by Gasteiger charge is 2.44. The Kier molecular flexibility index (Phi) is 9.19. The molecule has 0 unspecified atom stereocenters. The molecule has 0 saturated heterocycles. The van der Waals surface area contributed by atoms with Gasteiger partial charge in [-0.25, -0.2) is 4.39 Å². The van der Waals surface area contributed by atoms with E-state index in [1.807, 2.05) is 27.7 Å². The van der Waals surface area contributed by atoms with Gasteiger partial charge in [0.2, 0.25) is 5.91 Å². The fourth-order valence-corrected chi connectivity index (χ4v) is 5.74. The van der Waals surface area contributed by atoms with E-state index in [0.717, 1.165) is 25.3 Å². The first-order valence-electron chi connectivity index (χ1n) is 14.7. The summed E-state index contributed by atoms with van der Waals surface area (Å²) >= 11 is 0. The third kappa shape index (κ3) is 7.49. The topological polar surface area (TPSA) is 103 Å². The van der Waals surface area contributed by atoms with Crippen LogP contribution >= 0.6 is 0 Å². The van der Waals surface area contributed by atoms with E-state index in [9.17, 15) is 23.2 Å². The number of hydrogen-bond donors (Lipinski definition) is 2. The predicted molar refractivity (Wildman–Crippen MR) is 149 cm³/mol. The quantitative estimate of drug-likeness (QED) is 0.367. The van der Waals surface area contributed by atoms with Crippen molar-refractivity contribution in [2.24, 2.45) is 16.7 Å². The molecule has 0 radical (unpaired) electrons. The second kappa shape index (κ2) is 12.1. The zero-order chi connectivity index (χ0) is 30.0. The van der Waals surface area contributed by atoms with Gasteiger partial charge in [-0.1, -0.05) is 6.42 Å². The molecular weight excluding hydrogens is 534 g/mol. The molecule has 10 heteroatoms. The van der Waals surface area contributed by atoms with Gasteiger partial charge < -0.3 is 24.8 Å². The molecule has 2 atom stereocenters. The van der Waals surface area contributed by atoms with Crippen LogP contribution in [0, 0.1) is 22.6 Å². The lowest BCUT2D eigenvalue weighted by Gasteiger charge is -2.37. The maximum atomic E-state index is 15.0. The van der Waals surface area contributed by atoms with Crippen molar-refractivity contribution < 1.29 is 37.4 Å². The number of carbonyl (C=O) groups excluding carboxylic acids is 3. The number of carbonyl (C=O) groups is 3. The molecule has 3 fully saturated rings. The molecule has 2 N–H and O–H groups in total. The lowest BCUT2D eigenvalue weighted by atomic mass is 9.74. The molecule has 4 rings (SSSR count). The summed E-state index contributed by atoms with van der Waals surface area (Å²) in [5.41, 5.74) is -1.52. The number of benzene rings is 1. The largest absolute Gasteiger partial charge is 0.496 e. The third-order valence-electron chi connectivity index (χ3n) is 8.77. The van der Waals surface area contributed by atoms with E-state index in [-0.39, 0.29) is 35.0 Å². The number of alkyl halides is 1. The molecule has 3 aliphatic carbocycles. The maximum Gasteiger partial charge on any atom is 0.312 e. The zero-order valence-electron chi connectivity index (χ0n) is 24.9. The molecule has 0 aliphatic heterocycles. The van der Waals surface area contributed by atoms with Gasteiger partial charge in [-0.15, -0.1) is 0 Å². The fourth-order valence-electron chi connectivity index (χ4n) is 5.74. The first-order valence-corrected chi connectivity index (χ1v) is 14.7. The Balaban J connectivity index is 1.39. The van der Waals surface area contributed by atoms with E-state index in [2.05, 4.69) is 10.6 Å². The molecule has 1 aromatic rings. The van der Waals surface area contributed by atoms with Crippen LogP contribution in [0.25, 0.3) is 0 Å². The first kappa shape index (κ1) is 31.0. The van der Waals surface area contributed by atoms with Crippen LogP contribution in [0.15, 0.2) is 12.1 Å². The second-order valence-corrected chi connectivity index (χ2v) is 13.3.